The minimum atomic E-state index is -0.465. The van der Waals surface area contributed by atoms with E-state index in [1.165, 1.54) is 0 Å². The van der Waals surface area contributed by atoms with Gasteiger partial charge in [-0.25, -0.2) is 4.79 Å². The van der Waals surface area contributed by atoms with Crippen molar-refractivity contribution in [2.45, 2.75) is 39.5 Å². The molecule has 0 saturated carbocycles. The Hall–Kier alpha value is -0.0400. The minimum Gasteiger partial charge on any atom is -0.444 e. The van der Waals surface area contributed by atoms with E-state index in [9.17, 15) is 4.79 Å². The maximum absolute atomic E-state index is 11.2. The number of alkyl carbamates (subject to hydrolysis) is 1. The van der Waals surface area contributed by atoms with Crippen LogP contribution in [0.15, 0.2) is 0 Å². The molecule has 4 nitrogen and oxygen atoms in total. The van der Waals surface area contributed by atoms with Gasteiger partial charge in [-0.05, 0) is 27.7 Å². The first-order chi connectivity index (χ1) is 6.35. The quantitative estimate of drug-likeness (QED) is 0.492. The Bertz CT molecular complexity index is 179. The molecule has 0 rings (SSSR count). The maximum Gasteiger partial charge on any atom is 0.409 e. The van der Waals surface area contributed by atoms with Crippen molar-refractivity contribution in [2.24, 2.45) is 0 Å². The molecule has 0 saturated heterocycles. The number of halogens is 1. The van der Waals surface area contributed by atoms with E-state index in [2.05, 4.69) is 27.9 Å². The third-order valence-electron chi connectivity index (χ3n) is 1.17. The summed E-state index contributed by atoms with van der Waals surface area (Å²) in [4.78, 5) is 11.2. The van der Waals surface area contributed by atoms with E-state index in [1.807, 2.05) is 20.8 Å². The van der Waals surface area contributed by atoms with Crippen molar-refractivity contribution in [3.63, 3.8) is 0 Å². The van der Waals surface area contributed by atoms with Crippen molar-refractivity contribution >= 4 is 28.7 Å². The van der Waals surface area contributed by atoms with Crippen LogP contribution in [0.25, 0.3) is 0 Å². The Morgan fingerprint density at radius 1 is 1.50 bits per heavy atom. The van der Waals surface area contributed by atoms with E-state index in [1.54, 1.807) is 6.92 Å². The van der Waals surface area contributed by atoms with E-state index < -0.39 is 11.7 Å². The Kier molecular flexibility index (Phi) is 6.43. The number of alkyl halides is 1. The maximum atomic E-state index is 11.2. The second-order valence-corrected chi connectivity index (χ2v) is 4.93. The van der Waals surface area contributed by atoms with Gasteiger partial charge in [0.25, 0.3) is 0 Å². The largest absolute Gasteiger partial charge is 0.444 e. The predicted molar refractivity (Wildman–Crippen MR) is 63.7 cm³/mol. The van der Waals surface area contributed by atoms with Crippen LogP contribution in [0.1, 0.15) is 27.7 Å². The smallest absolute Gasteiger partial charge is 0.409 e. The second kappa shape index (κ2) is 6.44. The summed E-state index contributed by atoms with van der Waals surface area (Å²) in [6.07, 6.45) is -0.752. The van der Waals surface area contributed by atoms with Gasteiger partial charge in [-0.3, -0.25) is 5.32 Å². The van der Waals surface area contributed by atoms with E-state index in [-0.39, 0.29) is 6.23 Å². The third-order valence-corrected chi connectivity index (χ3v) is 1.61. The first-order valence-corrected chi connectivity index (χ1v) is 6.05. The fourth-order valence-electron chi connectivity index (χ4n) is 0.737. The van der Waals surface area contributed by atoms with Gasteiger partial charge in [0.1, 0.15) is 11.8 Å². The average molecular weight is 315 g/mol. The lowest BCUT2D eigenvalue weighted by molar-refractivity contribution is 0.0183. The number of rotatable bonds is 4. The molecule has 0 radical (unpaired) electrons. The molecule has 0 bridgehead atoms. The molecular weight excluding hydrogens is 297 g/mol. The molecule has 0 aromatic heterocycles. The standard InChI is InChI=1S/C9H18INO3/c1-7(13-6-5-10)11-8(12)14-9(2,3)4/h7H,5-6H2,1-4H3,(H,11,12). The van der Waals surface area contributed by atoms with Crippen LogP contribution in [-0.4, -0.2) is 29.0 Å². The van der Waals surface area contributed by atoms with Gasteiger partial charge in [0.15, 0.2) is 0 Å². The predicted octanol–water partition coefficient (Wildman–Crippen LogP) is 2.31. The first-order valence-electron chi connectivity index (χ1n) is 4.52. The normalized spacial score (nSPS) is 13.5. The highest BCUT2D eigenvalue weighted by Gasteiger charge is 2.17. The average Bonchev–Trinajstić information content (AvgIpc) is 1.96. The van der Waals surface area contributed by atoms with Crippen molar-refractivity contribution in [3.8, 4) is 0 Å². The highest BCUT2D eigenvalue weighted by molar-refractivity contribution is 14.1. The second-order valence-electron chi connectivity index (χ2n) is 3.85. The summed E-state index contributed by atoms with van der Waals surface area (Å²) in [5, 5.41) is 2.58. The molecular formula is C9H18INO3. The van der Waals surface area contributed by atoms with Crippen LogP contribution < -0.4 is 5.32 Å². The zero-order chi connectivity index (χ0) is 11.2. The molecule has 0 spiro atoms. The number of hydrogen-bond acceptors (Lipinski definition) is 3. The van der Waals surface area contributed by atoms with Crippen LogP contribution in [0.5, 0.6) is 0 Å². The Balaban J connectivity index is 3.71. The zero-order valence-corrected chi connectivity index (χ0v) is 11.3. The molecule has 0 fully saturated rings. The fraction of sp³-hybridized carbons (Fsp3) is 0.889. The SMILES string of the molecule is CC(NC(=O)OC(C)(C)C)OCCI. The number of carbonyl (C=O) groups is 1. The zero-order valence-electron chi connectivity index (χ0n) is 9.09. The Morgan fingerprint density at radius 3 is 2.50 bits per heavy atom. The van der Waals surface area contributed by atoms with Gasteiger partial charge in [-0.2, -0.15) is 0 Å². The van der Waals surface area contributed by atoms with Gasteiger partial charge in [-0.15, -0.1) is 0 Å². The third kappa shape index (κ3) is 8.55. The molecule has 0 aromatic rings. The molecule has 0 aliphatic rings. The summed E-state index contributed by atoms with van der Waals surface area (Å²) in [6.45, 7) is 7.86. The summed E-state index contributed by atoms with van der Waals surface area (Å²) < 4.78 is 11.2. The summed E-state index contributed by atoms with van der Waals surface area (Å²) in [5.74, 6) is 0. The van der Waals surface area contributed by atoms with Crippen LogP contribution in [0.2, 0.25) is 0 Å². The number of carbonyl (C=O) groups excluding carboxylic acids is 1. The van der Waals surface area contributed by atoms with Crippen molar-refractivity contribution in [1.29, 1.82) is 0 Å². The van der Waals surface area contributed by atoms with E-state index in [4.69, 9.17) is 9.47 Å². The molecule has 1 atom stereocenters. The van der Waals surface area contributed by atoms with Crippen LogP contribution in [-0.2, 0) is 9.47 Å². The van der Waals surface area contributed by atoms with Gasteiger partial charge in [0, 0.05) is 4.43 Å². The van der Waals surface area contributed by atoms with E-state index in [0.29, 0.717) is 6.61 Å². The lowest BCUT2D eigenvalue weighted by Crippen LogP contribution is -2.39. The molecule has 84 valence electrons. The molecule has 14 heavy (non-hydrogen) atoms. The molecule has 1 amide bonds. The highest BCUT2D eigenvalue weighted by Crippen LogP contribution is 2.06. The van der Waals surface area contributed by atoms with Gasteiger partial charge in [0.05, 0.1) is 6.61 Å². The number of hydrogen-bond donors (Lipinski definition) is 1. The lowest BCUT2D eigenvalue weighted by atomic mass is 10.2. The van der Waals surface area contributed by atoms with Crippen molar-refractivity contribution in [3.05, 3.63) is 0 Å². The van der Waals surface area contributed by atoms with Crippen LogP contribution >= 0.6 is 22.6 Å². The topological polar surface area (TPSA) is 47.6 Å². The fourth-order valence-corrected chi connectivity index (χ4v) is 0.991. The van der Waals surface area contributed by atoms with Crippen LogP contribution in [0.3, 0.4) is 0 Å². The molecule has 5 heteroatoms. The highest BCUT2D eigenvalue weighted by atomic mass is 127. The first kappa shape index (κ1) is 14.0. The summed E-state index contributed by atoms with van der Waals surface area (Å²) in [6, 6.07) is 0. The lowest BCUT2D eigenvalue weighted by Gasteiger charge is -2.21. The molecule has 0 aromatic carbocycles. The molecule has 0 aliphatic carbocycles. The Labute approximate surface area is 98.9 Å². The number of nitrogens with one attached hydrogen (secondary N) is 1. The van der Waals surface area contributed by atoms with Crippen LogP contribution in [0, 0.1) is 0 Å². The summed E-state index contributed by atoms with van der Waals surface area (Å²) in [7, 11) is 0. The van der Waals surface area contributed by atoms with Gasteiger partial charge in [-0.1, -0.05) is 22.6 Å². The van der Waals surface area contributed by atoms with Crippen LogP contribution in [0.4, 0.5) is 4.79 Å². The molecule has 0 heterocycles. The van der Waals surface area contributed by atoms with Crippen molar-refractivity contribution in [1.82, 2.24) is 5.32 Å². The van der Waals surface area contributed by atoms with Crippen molar-refractivity contribution < 1.29 is 14.3 Å². The summed E-state index contributed by atoms with van der Waals surface area (Å²) in [5.41, 5.74) is -0.465. The van der Waals surface area contributed by atoms with E-state index >= 15 is 0 Å². The number of amides is 1. The number of ether oxygens (including phenoxy) is 2. The van der Waals surface area contributed by atoms with Gasteiger partial charge >= 0.3 is 6.09 Å². The Morgan fingerprint density at radius 2 is 2.07 bits per heavy atom. The molecule has 1 unspecified atom stereocenters. The monoisotopic (exact) mass is 315 g/mol. The van der Waals surface area contributed by atoms with E-state index in [0.717, 1.165) is 4.43 Å². The van der Waals surface area contributed by atoms with Crippen molar-refractivity contribution in [2.75, 3.05) is 11.0 Å². The van der Waals surface area contributed by atoms with Gasteiger partial charge < -0.3 is 9.47 Å². The van der Waals surface area contributed by atoms with Gasteiger partial charge in [0.2, 0.25) is 0 Å². The molecule has 0 aliphatic heterocycles. The minimum absolute atomic E-state index is 0.306. The molecule has 1 N–H and O–H groups in total. The summed E-state index contributed by atoms with van der Waals surface area (Å²) >= 11 is 2.21.